The van der Waals surface area contributed by atoms with Crippen LogP contribution in [-0.2, 0) is 11.3 Å². The van der Waals surface area contributed by atoms with Gasteiger partial charge in [0.2, 0.25) is 0 Å². The summed E-state index contributed by atoms with van der Waals surface area (Å²) in [7, 11) is 0. The van der Waals surface area contributed by atoms with Gasteiger partial charge in [0, 0.05) is 6.61 Å². The van der Waals surface area contributed by atoms with Crippen LogP contribution in [0.3, 0.4) is 0 Å². The number of hydrogen-bond donors (Lipinski definition) is 0. The number of ether oxygens (including phenoxy) is 1. The predicted octanol–water partition coefficient (Wildman–Crippen LogP) is 8.41. The number of benzene rings is 3. The van der Waals surface area contributed by atoms with Gasteiger partial charge in [0.05, 0.1) is 6.61 Å². The molecule has 1 aliphatic carbocycles. The van der Waals surface area contributed by atoms with Gasteiger partial charge < -0.3 is 4.74 Å². The Morgan fingerprint density at radius 1 is 0.742 bits per heavy atom. The number of rotatable bonds is 8. The van der Waals surface area contributed by atoms with Gasteiger partial charge >= 0.3 is 0 Å². The zero-order valence-corrected chi connectivity index (χ0v) is 18.7. The smallest absolute Gasteiger partial charge is 0.0716 e. The standard InChI is InChI=1S/C30H34O/c1-3-21-31-22-24-7-11-26(12-8-24)28-15-19-30(20-16-28)29-17-13-27(14-18-29)25-9-5-23(4-2)6-10-25/h4,7-8,11-20,23,25H,2-3,5-6,9-10,21-22H2,1H3/t23-,25-. The van der Waals surface area contributed by atoms with Gasteiger partial charge in [-0.25, -0.2) is 0 Å². The Labute approximate surface area is 187 Å². The van der Waals surface area contributed by atoms with Crippen LogP contribution in [0.5, 0.6) is 0 Å². The fourth-order valence-electron chi connectivity index (χ4n) is 4.62. The Kier molecular flexibility index (Phi) is 7.38. The molecule has 1 nitrogen and oxygen atoms in total. The molecule has 0 N–H and O–H groups in total. The van der Waals surface area contributed by atoms with Gasteiger partial charge in [0.1, 0.15) is 0 Å². The topological polar surface area (TPSA) is 9.23 Å². The van der Waals surface area contributed by atoms with Crippen molar-refractivity contribution in [1.82, 2.24) is 0 Å². The zero-order chi connectivity index (χ0) is 21.5. The highest BCUT2D eigenvalue weighted by Gasteiger charge is 2.20. The van der Waals surface area contributed by atoms with Crippen LogP contribution in [0.15, 0.2) is 85.5 Å². The van der Waals surface area contributed by atoms with Gasteiger partial charge in [0.25, 0.3) is 0 Å². The summed E-state index contributed by atoms with van der Waals surface area (Å²) in [6.45, 7) is 7.61. The maximum atomic E-state index is 5.63. The maximum absolute atomic E-state index is 5.63. The molecule has 160 valence electrons. The van der Waals surface area contributed by atoms with Crippen molar-refractivity contribution in [1.29, 1.82) is 0 Å². The van der Waals surface area contributed by atoms with Crippen molar-refractivity contribution in [2.75, 3.05) is 6.61 Å². The van der Waals surface area contributed by atoms with Crippen LogP contribution in [0.25, 0.3) is 22.3 Å². The summed E-state index contributed by atoms with van der Waals surface area (Å²) in [5, 5.41) is 0. The molecular weight excluding hydrogens is 376 g/mol. The Hall–Kier alpha value is -2.64. The third kappa shape index (κ3) is 5.54. The van der Waals surface area contributed by atoms with E-state index in [0.29, 0.717) is 12.5 Å². The van der Waals surface area contributed by atoms with Crippen LogP contribution in [0, 0.1) is 5.92 Å². The lowest BCUT2D eigenvalue weighted by atomic mass is 9.78. The van der Waals surface area contributed by atoms with Gasteiger partial charge in [-0.1, -0.05) is 85.8 Å². The number of allylic oxidation sites excluding steroid dienone is 1. The van der Waals surface area contributed by atoms with Crippen LogP contribution in [-0.4, -0.2) is 6.61 Å². The molecule has 4 rings (SSSR count). The van der Waals surface area contributed by atoms with Crippen LogP contribution < -0.4 is 0 Å². The van der Waals surface area contributed by atoms with Gasteiger partial charge in [-0.15, -0.1) is 6.58 Å². The second kappa shape index (κ2) is 10.6. The lowest BCUT2D eigenvalue weighted by molar-refractivity contribution is 0.121. The molecule has 3 aromatic carbocycles. The summed E-state index contributed by atoms with van der Waals surface area (Å²) in [6, 6.07) is 26.9. The van der Waals surface area contributed by atoms with Crippen LogP contribution in [0.1, 0.15) is 56.1 Å². The molecule has 0 saturated heterocycles. The number of hydrogen-bond acceptors (Lipinski definition) is 1. The normalized spacial score (nSPS) is 18.6. The maximum Gasteiger partial charge on any atom is 0.0716 e. The van der Waals surface area contributed by atoms with E-state index in [1.165, 1.54) is 59.1 Å². The molecule has 0 atom stereocenters. The van der Waals surface area contributed by atoms with Crippen molar-refractivity contribution in [3.05, 3.63) is 96.6 Å². The van der Waals surface area contributed by atoms with E-state index >= 15 is 0 Å². The molecule has 0 aromatic heterocycles. The molecule has 3 aromatic rings. The van der Waals surface area contributed by atoms with Crippen LogP contribution >= 0.6 is 0 Å². The van der Waals surface area contributed by atoms with Gasteiger partial charge in [0.15, 0.2) is 0 Å². The van der Waals surface area contributed by atoms with Gasteiger partial charge in [-0.05, 0) is 77.3 Å². The molecule has 1 heteroatoms. The molecule has 1 saturated carbocycles. The van der Waals surface area contributed by atoms with E-state index in [-0.39, 0.29) is 0 Å². The Bertz CT molecular complexity index is 943. The van der Waals surface area contributed by atoms with E-state index in [1.54, 1.807) is 0 Å². The largest absolute Gasteiger partial charge is 0.377 e. The highest BCUT2D eigenvalue weighted by Crippen LogP contribution is 2.37. The van der Waals surface area contributed by atoms with Crippen molar-refractivity contribution in [2.45, 2.75) is 51.6 Å². The molecule has 0 aliphatic heterocycles. The molecule has 0 radical (unpaired) electrons. The lowest BCUT2D eigenvalue weighted by Gasteiger charge is -2.27. The third-order valence-corrected chi connectivity index (χ3v) is 6.61. The van der Waals surface area contributed by atoms with E-state index in [9.17, 15) is 0 Å². The summed E-state index contributed by atoms with van der Waals surface area (Å²) >= 11 is 0. The Morgan fingerprint density at radius 3 is 1.71 bits per heavy atom. The third-order valence-electron chi connectivity index (χ3n) is 6.61. The Morgan fingerprint density at radius 2 is 1.23 bits per heavy atom. The summed E-state index contributed by atoms with van der Waals surface area (Å²) in [5.74, 6) is 1.43. The van der Waals surface area contributed by atoms with Crippen molar-refractivity contribution >= 4 is 0 Å². The Balaban J connectivity index is 1.39. The monoisotopic (exact) mass is 410 g/mol. The molecule has 31 heavy (non-hydrogen) atoms. The van der Waals surface area contributed by atoms with E-state index in [1.807, 2.05) is 0 Å². The quantitative estimate of drug-likeness (QED) is 0.267. The molecule has 0 spiro atoms. The second-order valence-corrected chi connectivity index (χ2v) is 8.80. The summed E-state index contributed by atoms with van der Waals surface area (Å²) in [5.41, 5.74) is 7.78. The minimum Gasteiger partial charge on any atom is -0.377 e. The highest BCUT2D eigenvalue weighted by atomic mass is 16.5. The molecule has 1 aliphatic rings. The summed E-state index contributed by atoms with van der Waals surface area (Å²) < 4.78 is 5.63. The van der Waals surface area contributed by atoms with E-state index in [4.69, 9.17) is 4.74 Å². The first-order valence-corrected chi connectivity index (χ1v) is 11.8. The molecule has 1 fully saturated rings. The molecule has 0 unspecified atom stereocenters. The van der Waals surface area contributed by atoms with E-state index in [0.717, 1.165) is 18.9 Å². The van der Waals surface area contributed by atoms with Gasteiger partial charge in [-0.2, -0.15) is 0 Å². The van der Waals surface area contributed by atoms with Gasteiger partial charge in [-0.3, -0.25) is 0 Å². The average Bonchev–Trinajstić information content (AvgIpc) is 2.85. The molecule has 0 bridgehead atoms. The molecular formula is C30H34O. The summed E-state index contributed by atoms with van der Waals surface area (Å²) in [6.07, 6.45) is 8.33. The minimum absolute atomic E-state index is 0.693. The highest BCUT2D eigenvalue weighted by molar-refractivity contribution is 5.70. The van der Waals surface area contributed by atoms with Crippen molar-refractivity contribution in [3.63, 3.8) is 0 Å². The average molecular weight is 411 g/mol. The van der Waals surface area contributed by atoms with E-state index < -0.39 is 0 Å². The second-order valence-electron chi connectivity index (χ2n) is 8.80. The lowest BCUT2D eigenvalue weighted by Crippen LogP contribution is -2.11. The first-order chi connectivity index (χ1) is 15.3. The minimum atomic E-state index is 0.693. The fourth-order valence-corrected chi connectivity index (χ4v) is 4.62. The predicted molar refractivity (Wildman–Crippen MR) is 132 cm³/mol. The van der Waals surface area contributed by atoms with Crippen molar-refractivity contribution < 1.29 is 4.74 Å². The molecule has 0 heterocycles. The zero-order valence-electron chi connectivity index (χ0n) is 18.7. The summed E-state index contributed by atoms with van der Waals surface area (Å²) in [4.78, 5) is 0. The first kappa shape index (κ1) is 21.6. The van der Waals surface area contributed by atoms with Crippen molar-refractivity contribution in [2.24, 2.45) is 5.92 Å². The van der Waals surface area contributed by atoms with E-state index in [2.05, 4.69) is 92.4 Å². The fraction of sp³-hybridized carbons (Fsp3) is 0.333. The van der Waals surface area contributed by atoms with Crippen molar-refractivity contribution in [3.8, 4) is 22.3 Å². The SMILES string of the molecule is C=C[C@H]1CC[C@H](c2ccc(-c3ccc(-c4ccc(COCCC)cc4)cc3)cc2)CC1. The van der Waals surface area contributed by atoms with Crippen LogP contribution in [0.2, 0.25) is 0 Å². The molecule has 0 amide bonds. The first-order valence-electron chi connectivity index (χ1n) is 11.8. The van der Waals surface area contributed by atoms with Crippen LogP contribution in [0.4, 0.5) is 0 Å².